The van der Waals surface area contributed by atoms with Crippen molar-refractivity contribution in [3.8, 4) is 5.75 Å². The molecular weight excluding hydrogens is 268 g/mol. The Morgan fingerprint density at radius 2 is 2.10 bits per heavy atom. The third-order valence-corrected chi connectivity index (χ3v) is 3.86. The number of hydrogen-bond donors (Lipinski definition) is 0. The average Bonchev–Trinajstić information content (AvgIpc) is 2.92. The van der Waals surface area contributed by atoms with E-state index in [-0.39, 0.29) is 17.3 Å². The quantitative estimate of drug-likeness (QED) is 0.613. The maximum absolute atomic E-state index is 12.6. The Bertz CT molecular complexity index is 668. The Hall–Kier alpha value is -2.46. The van der Waals surface area contributed by atoms with Gasteiger partial charge in [0, 0.05) is 13.1 Å². The van der Waals surface area contributed by atoms with Gasteiger partial charge in [0.25, 0.3) is 5.91 Å². The van der Waals surface area contributed by atoms with Crippen LogP contribution in [0.3, 0.4) is 0 Å². The number of amides is 1. The number of hydrogen-bond acceptors (Lipinski definition) is 3. The number of aliphatic imine (C=N–C) groups is 1. The molecule has 6 nitrogen and oxygen atoms in total. The van der Waals surface area contributed by atoms with Gasteiger partial charge >= 0.3 is 5.71 Å². The first kappa shape index (κ1) is 13.5. The summed E-state index contributed by atoms with van der Waals surface area (Å²) in [6, 6.07) is 5.26. The van der Waals surface area contributed by atoms with E-state index in [0.717, 1.165) is 32.4 Å². The van der Waals surface area contributed by atoms with Crippen molar-refractivity contribution in [3.05, 3.63) is 29.3 Å². The lowest BCUT2D eigenvalue weighted by Gasteiger charge is -2.25. The van der Waals surface area contributed by atoms with Crippen LogP contribution in [0, 0.1) is 0 Å². The molecule has 0 bridgehead atoms. The van der Waals surface area contributed by atoms with Crippen LogP contribution in [0.5, 0.6) is 5.75 Å². The van der Waals surface area contributed by atoms with E-state index >= 15 is 0 Å². The van der Waals surface area contributed by atoms with Gasteiger partial charge in [-0.05, 0) is 37.5 Å². The number of piperidine rings is 1. The van der Waals surface area contributed by atoms with Crippen LogP contribution in [0.4, 0.5) is 5.69 Å². The largest absolute Gasteiger partial charge is 0.497 e. The molecular formula is C15H16N4O2. The van der Waals surface area contributed by atoms with E-state index in [0.29, 0.717) is 17.0 Å². The van der Waals surface area contributed by atoms with Gasteiger partial charge in [0.2, 0.25) is 5.71 Å². The zero-order chi connectivity index (χ0) is 14.8. The number of benzene rings is 1. The van der Waals surface area contributed by atoms with Crippen molar-refractivity contribution in [2.45, 2.75) is 19.3 Å². The number of carbonyl (C=O) groups is 1. The summed E-state index contributed by atoms with van der Waals surface area (Å²) in [5.74, 6) is 0.467. The van der Waals surface area contributed by atoms with Crippen LogP contribution >= 0.6 is 0 Å². The fourth-order valence-corrected chi connectivity index (χ4v) is 2.73. The topological polar surface area (TPSA) is 78.3 Å². The lowest BCUT2D eigenvalue weighted by atomic mass is 10.1. The molecule has 3 rings (SSSR count). The summed E-state index contributed by atoms with van der Waals surface area (Å²) in [5, 5.41) is 0. The van der Waals surface area contributed by atoms with Crippen LogP contribution in [0.2, 0.25) is 0 Å². The highest BCUT2D eigenvalue weighted by molar-refractivity contribution is 6.71. The summed E-state index contributed by atoms with van der Waals surface area (Å²) in [6.07, 6.45) is 3.16. The molecule has 2 aliphatic heterocycles. The van der Waals surface area contributed by atoms with Gasteiger partial charge in [0.15, 0.2) is 0 Å². The van der Waals surface area contributed by atoms with Gasteiger partial charge in [-0.2, -0.15) is 4.79 Å². The molecule has 2 aliphatic rings. The summed E-state index contributed by atoms with van der Waals surface area (Å²) in [5.41, 5.74) is 11.0. The van der Waals surface area contributed by atoms with Gasteiger partial charge in [0.05, 0.1) is 18.4 Å². The van der Waals surface area contributed by atoms with Crippen LogP contribution in [-0.4, -0.2) is 47.2 Å². The molecule has 0 spiro atoms. The minimum absolute atomic E-state index is 0.169. The molecule has 6 heteroatoms. The first-order valence-electron chi connectivity index (χ1n) is 7.03. The van der Waals surface area contributed by atoms with Gasteiger partial charge in [-0.25, -0.2) is 4.99 Å². The maximum atomic E-state index is 12.6. The van der Waals surface area contributed by atoms with E-state index in [1.54, 1.807) is 30.2 Å². The molecule has 108 valence electrons. The maximum Gasteiger partial charge on any atom is 0.355 e. The van der Waals surface area contributed by atoms with Crippen molar-refractivity contribution < 1.29 is 14.3 Å². The third kappa shape index (κ3) is 2.34. The Morgan fingerprint density at radius 3 is 2.76 bits per heavy atom. The van der Waals surface area contributed by atoms with Crippen molar-refractivity contribution in [3.63, 3.8) is 0 Å². The Morgan fingerprint density at radius 1 is 1.33 bits per heavy atom. The van der Waals surface area contributed by atoms with Crippen LogP contribution in [0.1, 0.15) is 24.8 Å². The van der Waals surface area contributed by atoms with Crippen molar-refractivity contribution >= 4 is 23.0 Å². The van der Waals surface area contributed by atoms with E-state index < -0.39 is 0 Å². The highest BCUT2D eigenvalue weighted by atomic mass is 16.5. The Labute approximate surface area is 122 Å². The van der Waals surface area contributed by atoms with Crippen molar-refractivity contribution in [2.24, 2.45) is 4.99 Å². The zero-order valence-corrected chi connectivity index (χ0v) is 11.9. The molecule has 1 amide bonds. The number of ether oxygens (including phenoxy) is 1. The smallest absolute Gasteiger partial charge is 0.355 e. The fourth-order valence-electron chi connectivity index (χ4n) is 2.73. The second-order valence-corrected chi connectivity index (χ2v) is 5.14. The summed E-state index contributed by atoms with van der Waals surface area (Å²) in [4.78, 5) is 22.0. The second kappa shape index (κ2) is 5.50. The Balaban J connectivity index is 1.94. The summed E-state index contributed by atoms with van der Waals surface area (Å²) in [7, 11) is 1.56. The molecule has 21 heavy (non-hydrogen) atoms. The molecule has 0 unspecified atom stereocenters. The summed E-state index contributed by atoms with van der Waals surface area (Å²) in [6.45, 7) is 1.46. The molecule has 1 saturated heterocycles. The predicted octanol–water partition coefficient (Wildman–Crippen LogP) is 1.81. The molecule has 2 heterocycles. The van der Waals surface area contributed by atoms with Crippen molar-refractivity contribution in [1.29, 1.82) is 0 Å². The van der Waals surface area contributed by atoms with Crippen LogP contribution in [0.15, 0.2) is 23.2 Å². The number of likely N-dealkylation sites (tertiary alicyclic amines) is 1. The number of rotatable bonds is 2. The zero-order valence-electron chi connectivity index (χ0n) is 11.9. The van der Waals surface area contributed by atoms with Crippen LogP contribution in [-0.2, 0) is 4.79 Å². The van der Waals surface area contributed by atoms with E-state index in [1.165, 1.54) is 0 Å². The number of nitrogens with zero attached hydrogens (tertiary/aromatic N) is 4. The van der Waals surface area contributed by atoms with Gasteiger partial charge in [0.1, 0.15) is 5.75 Å². The molecule has 0 atom stereocenters. The molecule has 1 fully saturated rings. The molecule has 1 aromatic carbocycles. The molecule has 0 aliphatic carbocycles. The number of carbonyl (C=O) groups excluding carboxylic acids is 1. The normalized spacial score (nSPS) is 17.1. The minimum atomic E-state index is -0.169. The fraction of sp³-hybridized carbons (Fsp3) is 0.400. The van der Waals surface area contributed by atoms with E-state index in [1.807, 2.05) is 0 Å². The summed E-state index contributed by atoms with van der Waals surface area (Å²) >= 11 is 0. The minimum Gasteiger partial charge on any atom is -0.497 e. The van der Waals surface area contributed by atoms with E-state index in [4.69, 9.17) is 4.74 Å². The van der Waals surface area contributed by atoms with Crippen molar-refractivity contribution in [2.75, 3.05) is 20.2 Å². The van der Waals surface area contributed by atoms with Gasteiger partial charge in [-0.1, -0.05) is 0 Å². The molecule has 0 radical (unpaired) electrons. The molecule has 0 saturated carbocycles. The lowest BCUT2D eigenvalue weighted by Crippen LogP contribution is -2.42. The van der Waals surface area contributed by atoms with Gasteiger partial charge in [-0.15, -0.1) is 0 Å². The molecule has 0 N–H and O–H groups in total. The first-order valence-corrected chi connectivity index (χ1v) is 7.03. The summed E-state index contributed by atoms with van der Waals surface area (Å²) < 4.78 is 5.16. The predicted molar refractivity (Wildman–Crippen MR) is 78.2 cm³/mol. The van der Waals surface area contributed by atoms with Crippen LogP contribution in [0.25, 0.3) is 5.53 Å². The third-order valence-electron chi connectivity index (χ3n) is 3.86. The standard InChI is InChI=1S/C15H16N4O2/c1-21-10-5-6-12-11(9-10)13(18-16)14(17-12)15(20)19-7-3-2-4-8-19/h5-6,9H,2-4,7-8H2,1H3. The number of methoxy groups -OCH3 is 1. The average molecular weight is 284 g/mol. The van der Waals surface area contributed by atoms with Gasteiger partial charge < -0.3 is 15.2 Å². The number of fused-ring (bicyclic) bond motifs is 1. The molecule has 1 aromatic rings. The molecule has 0 aromatic heterocycles. The Kier molecular flexibility index (Phi) is 3.54. The van der Waals surface area contributed by atoms with E-state index in [9.17, 15) is 10.3 Å². The monoisotopic (exact) mass is 284 g/mol. The highest BCUT2D eigenvalue weighted by Gasteiger charge is 2.37. The van der Waals surface area contributed by atoms with Gasteiger partial charge in [-0.3, -0.25) is 4.79 Å². The second-order valence-electron chi connectivity index (χ2n) is 5.14. The SMILES string of the molecule is COc1ccc2c(c1)C(=[N+]=[N-])C(C(=O)N1CCCCC1)=N2. The van der Waals surface area contributed by atoms with Crippen molar-refractivity contribution in [1.82, 2.24) is 4.90 Å². The highest BCUT2D eigenvalue weighted by Crippen LogP contribution is 2.30. The lowest BCUT2D eigenvalue weighted by molar-refractivity contribution is -0.124. The first-order chi connectivity index (χ1) is 10.2. The van der Waals surface area contributed by atoms with E-state index in [2.05, 4.69) is 9.78 Å². The van der Waals surface area contributed by atoms with Crippen LogP contribution < -0.4 is 4.74 Å².